The van der Waals surface area contributed by atoms with Crippen LogP contribution in [-0.2, 0) is 10.5 Å². The number of carboxylic acids is 1. The summed E-state index contributed by atoms with van der Waals surface area (Å²) in [5, 5.41) is 11.3. The molecular formula is C14H13BrF5O2-. The number of rotatable bonds is 8. The molecule has 1 unspecified atom stereocenters. The third-order valence-corrected chi connectivity index (χ3v) is 3.78. The number of carboxylic acid groups (broad SMARTS) is 1. The molecule has 8 heteroatoms. The molecule has 0 bridgehead atoms. The van der Waals surface area contributed by atoms with Crippen molar-refractivity contribution < 1.29 is 31.9 Å². The van der Waals surface area contributed by atoms with Crippen molar-refractivity contribution in [1.29, 1.82) is 0 Å². The fraction of sp³-hybridized carbons (Fsp3) is 0.500. The van der Waals surface area contributed by atoms with Crippen LogP contribution in [0.2, 0.25) is 0 Å². The molecule has 0 saturated heterocycles. The van der Waals surface area contributed by atoms with Gasteiger partial charge in [0.15, 0.2) is 0 Å². The molecule has 0 aliphatic heterocycles. The maximum Gasteiger partial charge on any atom is 0.352 e. The lowest BCUT2D eigenvalue weighted by Gasteiger charge is -2.38. The Morgan fingerprint density at radius 2 is 1.59 bits per heavy atom. The number of carbonyl (C=O) groups excluding carboxylic acids is 1. The summed E-state index contributed by atoms with van der Waals surface area (Å²) in [4.78, 5) is 10.9. The van der Waals surface area contributed by atoms with Crippen molar-refractivity contribution in [3.63, 3.8) is 0 Å². The molecule has 0 aliphatic carbocycles. The molecule has 0 N–H and O–H groups in total. The minimum absolute atomic E-state index is 0.168. The zero-order valence-corrected chi connectivity index (χ0v) is 12.9. The van der Waals surface area contributed by atoms with E-state index in [4.69, 9.17) is 0 Å². The Balaban J connectivity index is 3.26. The third kappa shape index (κ3) is 3.26. The molecule has 22 heavy (non-hydrogen) atoms. The van der Waals surface area contributed by atoms with Gasteiger partial charge in [-0.25, -0.2) is 4.39 Å². The van der Waals surface area contributed by atoms with Gasteiger partial charge in [0.05, 0.1) is 5.97 Å². The van der Waals surface area contributed by atoms with E-state index in [0.29, 0.717) is 17.5 Å². The lowest BCUT2D eigenvalue weighted by molar-refractivity contribution is -0.352. The summed E-state index contributed by atoms with van der Waals surface area (Å²) < 4.78 is 70.2. The fourth-order valence-corrected chi connectivity index (χ4v) is 2.34. The van der Waals surface area contributed by atoms with Gasteiger partial charge in [-0.1, -0.05) is 46.3 Å². The average molecular weight is 388 g/mol. The van der Waals surface area contributed by atoms with Gasteiger partial charge in [-0.3, -0.25) is 0 Å². The highest BCUT2D eigenvalue weighted by molar-refractivity contribution is 9.09. The smallest absolute Gasteiger partial charge is 0.352 e. The number of aliphatic carboxylic acids is 1. The van der Waals surface area contributed by atoms with Gasteiger partial charge in [-0.15, -0.1) is 0 Å². The Bertz CT molecular complexity index is 509. The molecule has 0 saturated carbocycles. The van der Waals surface area contributed by atoms with Gasteiger partial charge in [0.1, 0.15) is 0 Å². The van der Waals surface area contributed by atoms with Crippen molar-refractivity contribution in [1.82, 2.24) is 0 Å². The number of hydrogen-bond donors (Lipinski definition) is 0. The quantitative estimate of drug-likeness (QED) is 0.389. The fourth-order valence-electron chi connectivity index (χ4n) is 1.95. The standard InChI is InChI=1S/C14H14BrF5O2/c15-9-5-4-8-12(16,17)14(19,20)13(18,11(21)22)10-6-2-1-3-7-10/h1-3,6-7H,4-5,8-9H2,(H,21,22)/p-1. The number of unbranched alkanes of at least 4 members (excludes halogenated alkanes) is 1. The Morgan fingerprint density at radius 3 is 2.05 bits per heavy atom. The topological polar surface area (TPSA) is 40.1 Å². The molecule has 0 heterocycles. The Morgan fingerprint density at radius 1 is 1.05 bits per heavy atom. The van der Waals surface area contributed by atoms with Crippen molar-refractivity contribution in [2.75, 3.05) is 5.33 Å². The van der Waals surface area contributed by atoms with E-state index in [2.05, 4.69) is 15.9 Å². The number of halogens is 6. The van der Waals surface area contributed by atoms with Gasteiger partial charge in [-0.05, 0) is 12.8 Å². The van der Waals surface area contributed by atoms with Gasteiger partial charge in [0.2, 0.25) is 5.67 Å². The van der Waals surface area contributed by atoms with E-state index in [1.165, 1.54) is 6.07 Å². The van der Waals surface area contributed by atoms with Crippen LogP contribution in [-0.4, -0.2) is 23.1 Å². The lowest BCUT2D eigenvalue weighted by Crippen LogP contribution is -2.61. The zero-order valence-electron chi connectivity index (χ0n) is 11.3. The summed E-state index contributed by atoms with van der Waals surface area (Å²) in [6.07, 6.45) is -1.48. The number of alkyl halides is 6. The van der Waals surface area contributed by atoms with E-state index in [1.54, 1.807) is 0 Å². The Labute approximate surface area is 132 Å². The third-order valence-electron chi connectivity index (χ3n) is 3.22. The first-order valence-corrected chi connectivity index (χ1v) is 7.51. The van der Waals surface area contributed by atoms with E-state index >= 15 is 0 Å². The maximum atomic E-state index is 14.5. The Kier molecular flexibility index (Phi) is 5.95. The first-order valence-electron chi connectivity index (χ1n) is 6.38. The van der Waals surface area contributed by atoms with Gasteiger partial charge in [0.25, 0.3) is 0 Å². The van der Waals surface area contributed by atoms with Gasteiger partial charge >= 0.3 is 11.8 Å². The molecule has 2 nitrogen and oxygen atoms in total. The summed E-state index contributed by atoms with van der Waals surface area (Å²) >= 11 is 2.96. The maximum absolute atomic E-state index is 14.5. The van der Waals surface area contributed by atoms with Crippen LogP contribution < -0.4 is 5.11 Å². The molecule has 1 aromatic carbocycles. The molecule has 0 aliphatic rings. The summed E-state index contributed by atoms with van der Waals surface area (Å²) in [5.74, 6) is -13.2. The predicted molar refractivity (Wildman–Crippen MR) is 71.8 cm³/mol. The molecule has 124 valence electrons. The summed E-state index contributed by atoms with van der Waals surface area (Å²) in [6.45, 7) is 0. The van der Waals surface area contributed by atoms with E-state index in [1.807, 2.05) is 0 Å². The van der Waals surface area contributed by atoms with Crippen LogP contribution in [0.1, 0.15) is 24.8 Å². The molecule has 0 amide bonds. The second-order valence-corrected chi connectivity index (χ2v) is 5.53. The van der Waals surface area contributed by atoms with E-state index in [0.717, 1.165) is 12.1 Å². The lowest BCUT2D eigenvalue weighted by atomic mass is 9.84. The number of hydrogen-bond acceptors (Lipinski definition) is 2. The largest absolute Gasteiger partial charge is 0.546 e. The average Bonchev–Trinajstić information content (AvgIpc) is 2.46. The van der Waals surface area contributed by atoms with E-state index < -0.39 is 35.5 Å². The van der Waals surface area contributed by atoms with E-state index in [-0.39, 0.29) is 12.8 Å². The molecule has 0 aromatic heterocycles. The Hall–Kier alpha value is -1.18. The van der Waals surface area contributed by atoms with E-state index in [9.17, 15) is 31.9 Å². The molecule has 0 radical (unpaired) electrons. The predicted octanol–water partition coefficient (Wildman–Crippen LogP) is 3.44. The van der Waals surface area contributed by atoms with Crippen LogP contribution in [0.4, 0.5) is 22.0 Å². The van der Waals surface area contributed by atoms with Crippen LogP contribution in [0.25, 0.3) is 0 Å². The summed E-state index contributed by atoms with van der Waals surface area (Å²) in [7, 11) is 0. The van der Waals surface area contributed by atoms with Crippen molar-refractivity contribution in [3.8, 4) is 0 Å². The second-order valence-electron chi connectivity index (χ2n) is 4.74. The summed E-state index contributed by atoms with van der Waals surface area (Å²) in [6, 6.07) is 4.87. The zero-order chi connectivity index (χ0) is 17.0. The van der Waals surface area contributed by atoms with Gasteiger partial charge < -0.3 is 9.90 Å². The first-order chi connectivity index (χ1) is 10.1. The summed E-state index contributed by atoms with van der Waals surface area (Å²) in [5.41, 5.74) is -5.70. The molecule has 0 fully saturated rings. The number of benzene rings is 1. The van der Waals surface area contributed by atoms with Crippen LogP contribution in [0.5, 0.6) is 0 Å². The first kappa shape index (κ1) is 18.9. The van der Waals surface area contributed by atoms with Crippen LogP contribution in [0.15, 0.2) is 30.3 Å². The van der Waals surface area contributed by atoms with Crippen LogP contribution >= 0.6 is 15.9 Å². The molecule has 1 atom stereocenters. The number of carbonyl (C=O) groups is 1. The monoisotopic (exact) mass is 387 g/mol. The SMILES string of the molecule is O=C([O-])C(F)(c1ccccc1)C(F)(F)C(F)(F)CCCCBr. The van der Waals surface area contributed by atoms with Crippen LogP contribution in [0.3, 0.4) is 0 Å². The molecule has 1 aromatic rings. The van der Waals surface area contributed by atoms with Crippen molar-refractivity contribution in [3.05, 3.63) is 35.9 Å². The molecule has 0 spiro atoms. The highest BCUT2D eigenvalue weighted by Crippen LogP contribution is 2.51. The minimum atomic E-state index is -5.45. The van der Waals surface area contributed by atoms with Crippen molar-refractivity contribution >= 4 is 21.9 Å². The van der Waals surface area contributed by atoms with Gasteiger partial charge in [0, 0.05) is 17.3 Å². The normalized spacial score (nSPS) is 15.4. The molecular weight excluding hydrogens is 375 g/mol. The van der Waals surface area contributed by atoms with Gasteiger partial charge in [-0.2, -0.15) is 17.6 Å². The van der Waals surface area contributed by atoms with Crippen molar-refractivity contribution in [2.45, 2.75) is 36.8 Å². The highest BCUT2D eigenvalue weighted by atomic mass is 79.9. The molecule has 1 rings (SSSR count). The second kappa shape index (κ2) is 6.93. The highest BCUT2D eigenvalue weighted by Gasteiger charge is 2.70. The van der Waals surface area contributed by atoms with Crippen molar-refractivity contribution in [2.24, 2.45) is 0 Å². The van der Waals surface area contributed by atoms with Crippen LogP contribution in [0, 0.1) is 0 Å². The minimum Gasteiger partial charge on any atom is -0.546 e.